The largest absolute Gasteiger partial charge is 0.393 e. The van der Waals surface area contributed by atoms with E-state index in [1.807, 2.05) is 0 Å². The highest BCUT2D eigenvalue weighted by molar-refractivity contribution is 5.81. The topological polar surface area (TPSA) is 48.4 Å². The molecule has 2 aliphatic rings. The van der Waals surface area contributed by atoms with Gasteiger partial charge in [0.15, 0.2) is 0 Å². The lowest BCUT2D eigenvalue weighted by Gasteiger charge is -2.30. The fourth-order valence-corrected chi connectivity index (χ4v) is 4.31. The van der Waals surface area contributed by atoms with Crippen LogP contribution in [0.5, 0.6) is 0 Å². The lowest BCUT2D eigenvalue weighted by molar-refractivity contribution is 0.131. The van der Waals surface area contributed by atoms with Gasteiger partial charge in [0.1, 0.15) is 5.82 Å². The molecule has 2 aromatic rings. The van der Waals surface area contributed by atoms with Gasteiger partial charge in [0, 0.05) is 37.1 Å². The maximum atomic E-state index is 10.0. The molecule has 1 aromatic carbocycles. The Kier molecular flexibility index (Phi) is 5.18. The van der Waals surface area contributed by atoms with E-state index in [1.165, 1.54) is 30.2 Å². The van der Waals surface area contributed by atoms with E-state index in [0.717, 1.165) is 56.8 Å². The third-order valence-electron chi connectivity index (χ3n) is 5.78. The summed E-state index contributed by atoms with van der Waals surface area (Å²) in [6.07, 6.45) is 6.99. The number of aliphatic hydroxyl groups is 1. The molecule has 25 heavy (non-hydrogen) atoms. The minimum Gasteiger partial charge on any atom is -0.393 e. The van der Waals surface area contributed by atoms with E-state index >= 15 is 0 Å². The van der Waals surface area contributed by atoms with Crippen molar-refractivity contribution in [3.63, 3.8) is 0 Å². The lowest BCUT2D eigenvalue weighted by atomic mass is 10.1. The summed E-state index contributed by atoms with van der Waals surface area (Å²) in [5.74, 6) is 1.56. The van der Waals surface area contributed by atoms with Crippen molar-refractivity contribution in [1.82, 2.24) is 10.3 Å². The number of piperidine rings is 1. The van der Waals surface area contributed by atoms with Crippen molar-refractivity contribution in [1.29, 1.82) is 0 Å². The average molecular weight is 339 g/mol. The summed E-state index contributed by atoms with van der Waals surface area (Å²) < 4.78 is 0. The second-order valence-electron chi connectivity index (χ2n) is 7.60. The second-order valence-corrected chi connectivity index (χ2v) is 7.60. The van der Waals surface area contributed by atoms with Gasteiger partial charge in [-0.05, 0) is 50.2 Å². The first-order valence-corrected chi connectivity index (χ1v) is 9.83. The predicted molar refractivity (Wildman–Crippen MR) is 103 cm³/mol. The molecule has 1 saturated heterocycles. The molecular formula is C21H29N3O. The van der Waals surface area contributed by atoms with Crippen molar-refractivity contribution in [2.24, 2.45) is 5.92 Å². The summed E-state index contributed by atoms with van der Waals surface area (Å²) in [5.41, 5.74) is 2.37. The molecule has 4 nitrogen and oxygen atoms in total. The number of aliphatic hydroxyl groups excluding tert-OH is 1. The van der Waals surface area contributed by atoms with Crippen molar-refractivity contribution in [3.8, 4) is 0 Å². The molecule has 0 amide bonds. The number of nitrogens with one attached hydrogen (secondary N) is 1. The van der Waals surface area contributed by atoms with E-state index in [-0.39, 0.29) is 6.10 Å². The van der Waals surface area contributed by atoms with Crippen LogP contribution in [0.15, 0.2) is 30.3 Å². The van der Waals surface area contributed by atoms with Crippen molar-refractivity contribution in [2.75, 3.05) is 24.5 Å². The molecule has 1 aromatic heterocycles. The molecule has 134 valence electrons. The van der Waals surface area contributed by atoms with E-state index in [2.05, 4.69) is 40.5 Å². The van der Waals surface area contributed by atoms with Gasteiger partial charge in [-0.25, -0.2) is 4.98 Å². The zero-order valence-electron chi connectivity index (χ0n) is 15.0. The average Bonchev–Trinajstić information content (AvgIpc) is 3.07. The van der Waals surface area contributed by atoms with Crippen LogP contribution in [0.2, 0.25) is 0 Å². The Morgan fingerprint density at radius 3 is 2.72 bits per heavy atom. The number of fused-ring (bicyclic) bond motifs is 1. The molecule has 0 radical (unpaired) electrons. The molecule has 0 spiro atoms. The molecule has 2 heterocycles. The van der Waals surface area contributed by atoms with Gasteiger partial charge < -0.3 is 15.3 Å². The van der Waals surface area contributed by atoms with Gasteiger partial charge >= 0.3 is 0 Å². The number of rotatable bonds is 5. The summed E-state index contributed by atoms with van der Waals surface area (Å²) in [5, 5.41) is 14.8. The number of nitrogens with zero attached hydrogens (tertiary/aromatic N) is 2. The van der Waals surface area contributed by atoms with Crippen LogP contribution in [0.25, 0.3) is 10.9 Å². The maximum Gasteiger partial charge on any atom is 0.133 e. The summed E-state index contributed by atoms with van der Waals surface area (Å²) in [4.78, 5) is 7.46. The number of pyridine rings is 1. The Hall–Kier alpha value is -1.65. The number of benzene rings is 1. The third-order valence-corrected chi connectivity index (χ3v) is 5.78. The molecule has 4 heteroatoms. The third kappa shape index (κ3) is 3.80. The first kappa shape index (κ1) is 16.8. The highest BCUT2D eigenvalue weighted by atomic mass is 16.3. The van der Waals surface area contributed by atoms with Gasteiger partial charge in [-0.15, -0.1) is 0 Å². The molecule has 1 saturated carbocycles. The zero-order valence-corrected chi connectivity index (χ0v) is 15.0. The number of hydrogen-bond donors (Lipinski definition) is 2. The quantitative estimate of drug-likeness (QED) is 0.876. The minimum atomic E-state index is -0.121. The highest BCUT2D eigenvalue weighted by Crippen LogP contribution is 2.27. The Bertz CT molecular complexity index is 711. The standard InChI is InChI=1S/C21H29N3O/c25-20-10-6-8-17(20)14-22-15-18-13-16-7-2-3-9-19(16)23-21(18)24-11-4-1-5-12-24/h2-3,7,9,13,17,20,22,25H,1,4-6,8,10-12,14-15H2. The van der Waals surface area contributed by atoms with Gasteiger partial charge in [0.25, 0.3) is 0 Å². The molecule has 2 unspecified atom stereocenters. The summed E-state index contributed by atoms with van der Waals surface area (Å²) >= 11 is 0. The Labute approximate surface area is 150 Å². The first-order valence-electron chi connectivity index (χ1n) is 9.83. The van der Waals surface area contributed by atoms with Crippen LogP contribution >= 0.6 is 0 Å². The van der Waals surface area contributed by atoms with Crippen molar-refractivity contribution >= 4 is 16.7 Å². The van der Waals surface area contributed by atoms with E-state index < -0.39 is 0 Å². The van der Waals surface area contributed by atoms with E-state index in [9.17, 15) is 5.11 Å². The summed E-state index contributed by atoms with van der Waals surface area (Å²) in [7, 11) is 0. The number of hydrogen-bond acceptors (Lipinski definition) is 4. The number of para-hydroxylation sites is 1. The Morgan fingerprint density at radius 1 is 1.08 bits per heavy atom. The van der Waals surface area contributed by atoms with E-state index in [0.29, 0.717) is 5.92 Å². The van der Waals surface area contributed by atoms with E-state index in [1.54, 1.807) is 0 Å². The molecule has 2 fully saturated rings. The fourth-order valence-electron chi connectivity index (χ4n) is 4.31. The van der Waals surface area contributed by atoms with Gasteiger partial charge in [-0.3, -0.25) is 0 Å². The molecule has 0 bridgehead atoms. The summed E-state index contributed by atoms with van der Waals surface area (Å²) in [6, 6.07) is 10.7. The second kappa shape index (κ2) is 7.71. The van der Waals surface area contributed by atoms with Crippen LogP contribution in [0.3, 0.4) is 0 Å². The van der Waals surface area contributed by atoms with Crippen LogP contribution in [0.4, 0.5) is 5.82 Å². The minimum absolute atomic E-state index is 0.121. The smallest absolute Gasteiger partial charge is 0.133 e. The van der Waals surface area contributed by atoms with Gasteiger partial charge in [-0.1, -0.05) is 24.6 Å². The summed E-state index contributed by atoms with van der Waals surface area (Å²) in [6.45, 7) is 3.94. The fraction of sp³-hybridized carbons (Fsp3) is 0.571. The number of anilines is 1. The molecule has 2 atom stereocenters. The monoisotopic (exact) mass is 339 g/mol. The van der Waals surface area contributed by atoms with Crippen molar-refractivity contribution in [3.05, 3.63) is 35.9 Å². The predicted octanol–water partition coefficient (Wildman–Crippen LogP) is 3.48. The first-order chi connectivity index (χ1) is 12.3. The SMILES string of the molecule is OC1CCCC1CNCc1cc2ccccc2nc1N1CCCCC1. The number of aromatic nitrogens is 1. The van der Waals surface area contributed by atoms with Gasteiger partial charge in [0.2, 0.25) is 0 Å². The Balaban J connectivity index is 1.54. The molecule has 1 aliphatic heterocycles. The molecule has 4 rings (SSSR count). The van der Waals surface area contributed by atoms with Crippen LogP contribution in [0.1, 0.15) is 44.1 Å². The van der Waals surface area contributed by atoms with Gasteiger partial charge in [-0.2, -0.15) is 0 Å². The molecule has 1 aliphatic carbocycles. The molecular weight excluding hydrogens is 310 g/mol. The van der Waals surface area contributed by atoms with Crippen molar-refractivity contribution < 1.29 is 5.11 Å². The highest BCUT2D eigenvalue weighted by Gasteiger charge is 2.25. The Morgan fingerprint density at radius 2 is 1.92 bits per heavy atom. The normalized spacial score (nSPS) is 24.1. The van der Waals surface area contributed by atoms with E-state index in [4.69, 9.17) is 4.98 Å². The van der Waals surface area contributed by atoms with Gasteiger partial charge in [0.05, 0.1) is 11.6 Å². The van der Waals surface area contributed by atoms with Crippen LogP contribution < -0.4 is 10.2 Å². The van der Waals surface area contributed by atoms with Crippen LogP contribution in [-0.4, -0.2) is 35.8 Å². The van der Waals surface area contributed by atoms with Crippen molar-refractivity contribution in [2.45, 2.75) is 51.2 Å². The molecule has 2 N–H and O–H groups in total. The zero-order chi connectivity index (χ0) is 17.1. The lowest BCUT2D eigenvalue weighted by Crippen LogP contribution is -2.32. The maximum absolute atomic E-state index is 10.0. The van der Waals surface area contributed by atoms with Crippen LogP contribution in [0, 0.1) is 5.92 Å². The van der Waals surface area contributed by atoms with Crippen LogP contribution in [-0.2, 0) is 6.54 Å².